The van der Waals surface area contributed by atoms with E-state index >= 15 is 0 Å². The fourth-order valence-corrected chi connectivity index (χ4v) is 5.70. The molecule has 0 saturated carbocycles. The Hall–Kier alpha value is -4.41. The van der Waals surface area contributed by atoms with Gasteiger partial charge >= 0.3 is 12.1 Å². The Bertz CT molecular complexity index is 1460. The summed E-state index contributed by atoms with van der Waals surface area (Å²) in [6.45, 7) is 16.5. The van der Waals surface area contributed by atoms with Crippen LogP contribution in [0.3, 0.4) is 0 Å². The quantitative estimate of drug-likeness (QED) is 0.120. The summed E-state index contributed by atoms with van der Waals surface area (Å²) in [6.07, 6.45) is 3.41. The first-order chi connectivity index (χ1) is 23.8. The van der Waals surface area contributed by atoms with Gasteiger partial charge in [-0.2, -0.15) is 0 Å². The minimum absolute atomic E-state index is 0.102. The molecule has 0 aromatic heterocycles. The molecule has 0 aliphatic carbocycles. The fraction of sp³-hybridized carbons (Fsp3) is 0.575. The molecule has 2 rings (SSSR count). The second-order valence-corrected chi connectivity index (χ2v) is 15.2. The monoisotopic (exact) mass is 708 g/mol. The van der Waals surface area contributed by atoms with Crippen molar-refractivity contribution in [1.29, 1.82) is 0 Å². The summed E-state index contributed by atoms with van der Waals surface area (Å²) in [5.41, 5.74) is 6.93. The molecule has 11 nitrogen and oxygen atoms in total. The van der Waals surface area contributed by atoms with Crippen LogP contribution in [0.15, 0.2) is 48.5 Å². The number of nitrogens with zero attached hydrogens (tertiary/aromatic N) is 1. The topological polar surface area (TPSA) is 157 Å². The second-order valence-electron chi connectivity index (χ2n) is 15.2. The maximum Gasteiger partial charge on any atom is 0.408 e. The van der Waals surface area contributed by atoms with Crippen LogP contribution in [0.25, 0.3) is 0 Å². The van der Waals surface area contributed by atoms with Crippen molar-refractivity contribution < 1.29 is 33.4 Å². The van der Waals surface area contributed by atoms with E-state index in [0.29, 0.717) is 12.0 Å². The Morgan fingerprint density at radius 1 is 0.804 bits per heavy atom. The van der Waals surface area contributed by atoms with Crippen LogP contribution in [0.4, 0.5) is 4.79 Å². The predicted octanol–water partition coefficient (Wildman–Crippen LogP) is 6.37. The van der Waals surface area contributed by atoms with Crippen molar-refractivity contribution in [2.45, 2.75) is 143 Å². The van der Waals surface area contributed by atoms with Crippen LogP contribution in [0.1, 0.15) is 122 Å². The first kappa shape index (κ1) is 42.8. The van der Waals surface area contributed by atoms with E-state index in [1.807, 2.05) is 62.4 Å². The number of aryl methyl sites for hydroxylation is 2. The van der Waals surface area contributed by atoms with Crippen molar-refractivity contribution in [1.82, 2.24) is 15.5 Å². The molecule has 3 unspecified atom stereocenters. The Labute approximate surface area is 304 Å². The maximum atomic E-state index is 14.7. The van der Waals surface area contributed by atoms with Crippen molar-refractivity contribution in [3.05, 3.63) is 70.8 Å². The number of primary amides is 1. The highest BCUT2D eigenvalue weighted by molar-refractivity contribution is 5.94. The van der Waals surface area contributed by atoms with E-state index in [1.165, 1.54) is 4.90 Å². The van der Waals surface area contributed by atoms with Gasteiger partial charge < -0.3 is 30.7 Å². The van der Waals surface area contributed by atoms with Crippen LogP contribution < -0.4 is 16.4 Å². The van der Waals surface area contributed by atoms with E-state index in [9.17, 15) is 24.0 Å². The number of nitrogens with two attached hydrogens (primary N) is 1. The minimum Gasteiger partial charge on any atom is -0.458 e. The van der Waals surface area contributed by atoms with Crippen molar-refractivity contribution in [3.63, 3.8) is 0 Å². The van der Waals surface area contributed by atoms with Gasteiger partial charge in [0.05, 0.1) is 0 Å². The largest absolute Gasteiger partial charge is 0.458 e. The third kappa shape index (κ3) is 15.6. The van der Waals surface area contributed by atoms with E-state index in [0.717, 1.165) is 42.4 Å². The van der Waals surface area contributed by atoms with Gasteiger partial charge in [-0.25, -0.2) is 9.59 Å². The van der Waals surface area contributed by atoms with Gasteiger partial charge in [-0.15, -0.1) is 0 Å². The third-order valence-electron chi connectivity index (χ3n) is 8.02. The molecule has 0 saturated heterocycles. The molecule has 4 N–H and O–H groups in total. The molecule has 0 radical (unpaired) electrons. The first-order valence-electron chi connectivity index (χ1n) is 18.0. The fourth-order valence-electron chi connectivity index (χ4n) is 5.70. The molecule has 2 aromatic carbocycles. The number of unbranched alkanes of at least 4 members (excludes halogenated alkanes) is 4. The highest BCUT2D eigenvalue weighted by Gasteiger charge is 2.39. The summed E-state index contributed by atoms with van der Waals surface area (Å²) in [5, 5.41) is 5.58. The molecule has 0 spiro atoms. The minimum atomic E-state index is -1.23. The Morgan fingerprint density at radius 3 is 2.00 bits per heavy atom. The zero-order valence-corrected chi connectivity index (χ0v) is 32.1. The highest BCUT2D eigenvalue weighted by atomic mass is 16.6. The number of alkyl carbamates (subject to hydrolysis) is 1. The molecule has 4 amide bonds. The number of hydrogen-bond acceptors (Lipinski definition) is 7. The normalized spacial score (nSPS) is 13.4. The molecule has 51 heavy (non-hydrogen) atoms. The van der Waals surface area contributed by atoms with Crippen molar-refractivity contribution >= 4 is 29.8 Å². The van der Waals surface area contributed by atoms with Gasteiger partial charge in [-0.05, 0) is 84.9 Å². The van der Waals surface area contributed by atoms with Crippen molar-refractivity contribution in [2.75, 3.05) is 6.54 Å². The maximum absolute atomic E-state index is 14.7. The number of benzene rings is 2. The van der Waals surface area contributed by atoms with E-state index in [4.69, 9.17) is 15.2 Å². The van der Waals surface area contributed by atoms with Crippen LogP contribution in [0.5, 0.6) is 0 Å². The van der Waals surface area contributed by atoms with Gasteiger partial charge in [-0.1, -0.05) is 86.7 Å². The number of hydrogen-bond donors (Lipinski definition) is 3. The summed E-state index contributed by atoms with van der Waals surface area (Å²) in [4.78, 5) is 69.4. The first-order valence-corrected chi connectivity index (χ1v) is 18.0. The number of nitrogens with one attached hydrogen (secondary N) is 2. The lowest BCUT2D eigenvalue weighted by Gasteiger charge is -2.36. The average Bonchev–Trinajstić information content (AvgIpc) is 3.01. The molecule has 0 bridgehead atoms. The zero-order chi connectivity index (χ0) is 38.4. The third-order valence-corrected chi connectivity index (χ3v) is 8.02. The molecule has 3 atom stereocenters. The molecule has 0 aliphatic heterocycles. The van der Waals surface area contributed by atoms with E-state index < -0.39 is 59.1 Å². The standard InChI is InChI=1S/C40H60N4O7/c1-10-11-12-13-17-24-44(36(47)31(22-23-33(41)45)43-38(49)51-40(7,8)9)34(30-21-20-27(2)25-28(30)3)35(46)42-32(37(48)50-39(4,5)6)26-29-18-15-14-16-19-29/h14-16,18-21,25,31-32,34H,10-13,17,22-24,26H2,1-9H3,(H2,41,45)(H,42,46)(H,43,49). The lowest BCUT2D eigenvalue weighted by Crippen LogP contribution is -2.55. The number of carbonyl (C=O) groups excluding carboxylic acids is 5. The number of amides is 4. The van der Waals surface area contributed by atoms with Gasteiger partial charge in [0.15, 0.2) is 0 Å². The lowest BCUT2D eigenvalue weighted by atomic mass is 9.95. The summed E-state index contributed by atoms with van der Waals surface area (Å²) >= 11 is 0. The van der Waals surface area contributed by atoms with Gasteiger partial charge in [-0.3, -0.25) is 14.4 Å². The second kappa shape index (κ2) is 19.8. The summed E-state index contributed by atoms with van der Waals surface area (Å²) < 4.78 is 11.2. The van der Waals surface area contributed by atoms with Crippen molar-refractivity contribution in [3.8, 4) is 0 Å². The highest BCUT2D eigenvalue weighted by Crippen LogP contribution is 2.28. The van der Waals surface area contributed by atoms with Crippen LogP contribution >= 0.6 is 0 Å². The van der Waals surface area contributed by atoms with Gasteiger partial charge in [0.2, 0.25) is 17.7 Å². The molecule has 0 heterocycles. The molecule has 11 heteroatoms. The smallest absolute Gasteiger partial charge is 0.408 e. The SMILES string of the molecule is CCCCCCCN(C(=O)C(CCC(N)=O)NC(=O)OC(C)(C)C)C(C(=O)NC(Cc1ccccc1)C(=O)OC(C)(C)C)c1ccc(C)cc1C. The molecule has 282 valence electrons. The lowest BCUT2D eigenvalue weighted by molar-refractivity contribution is -0.159. The van der Waals surface area contributed by atoms with Crippen LogP contribution in [-0.4, -0.2) is 64.5 Å². The predicted molar refractivity (Wildman–Crippen MR) is 199 cm³/mol. The molecule has 0 aliphatic rings. The summed E-state index contributed by atoms with van der Waals surface area (Å²) in [7, 11) is 0. The van der Waals surface area contributed by atoms with Crippen LogP contribution in [0, 0.1) is 13.8 Å². The summed E-state index contributed by atoms with van der Waals surface area (Å²) in [5.74, 6) is -2.41. The Morgan fingerprint density at radius 2 is 1.43 bits per heavy atom. The summed E-state index contributed by atoms with van der Waals surface area (Å²) in [6, 6.07) is 11.4. The number of rotatable bonds is 18. The zero-order valence-electron chi connectivity index (χ0n) is 32.1. The average molecular weight is 709 g/mol. The Balaban J connectivity index is 2.70. The molecule has 2 aromatic rings. The number of carbonyl (C=O) groups is 5. The van der Waals surface area contributed by atoms with E-state index in [1.54, 1.807) is 41.5 Å². The number of ether oxygens (including phenoxy) is 2. The van der Waals surface area contributed by atoms with E-state index in [2.05, 4.69) is 17.6 Å². The van der Waals surface area contributed by atoms with Gasteiger partial charge in [0.1, 0.15) is 29.3 Å². The van der Waals surface area contributed by atoms with Crippen LogP contribution in [0.2, 0.25) is 0 Å². The van der Waals surface area contributed by atoms with Gasteiger partial charge in [0.25, 0.3) is 0 Å². The number of esters is 1. The van der Waals surface area contributed by atoms with Crippen LogP contribution in [-0.2, 0) is 35.1 Å². The Kier molecular flexibility index (Phi) is 16.6. The van der Waals surface area contributed by atoms with E-state index in [-0.39, 0.29) is 25.8 Å². The molecular weight excluding hydrogens is 648 g/mol. The molecule has 0 fully saturated rings. The molecular formula is C40H60N4O7. The van der Waals surface area contributed by atoms with Crippen molar-refractivity contribution in [2.24, 2.45) is 5.73 Å². The van der Waals surface area contributed by atoms with Gasteiger partial charge in [0, 0.05) is 19.4 Å².